The van der Waals surface area contributed by atoms with E-state index in [2.05, 4.69) is 4.98 Å². The molecule has 0 radical (unpaired) electrons. The van der Waals surface area contributed by atoms with Crippen LogP contribution in [0.2, 0.25) is 5.02 Å². The lowest BCUT2D eigenvalue weighted by atomic mass is 10.1. The van der Waals surface area contributed by atoms with E-state index < -0.39 is 6.04 Å². The van der Waals surface area contributed by atoms with Crippen LogP contribution in [0.5, 0.6) is 5.75 Å². The summed E-state index contributed by atoms with van der Waals surface area (Å²) in [5, 5.41) is 1.74. The molecule has 0 unspecified atom stereocenters. The van der Waals surface area contributed by atoms with Crippen molar-refractivity contribution < 1.29 is 9.53 Å². The molecule has 1 fully saturated rings. The first-order valence-electron chi connectivity index (χ1n) is 9.01. The van der Waals surface area contributed by atoms with Crippen LogP contribution in [0.3, 0.4) is 0 Å². The molecule has 1 atom stereocenters. The Morgan fingerprint density at radius 3 is 2.85 bits per heavy atom. The van der Waals surface area contributed by atoms with Crippen LogP contribution in [0, 0.1) is 0 Å². The second-order valence-corrected chi connectivity index (χ2v) is 7.12. The van der Waals surface area contributed by atoms with Gasteiger partial charge in [-0.15, -0.1) is 0 Å². The smallest absolute Gasteiger partial charge is 0.255 e. The number of piperidine rings is 1. The third kappa shape index (κ3) is 4.02. The number of H-pyrrole nitrogens is 1. The molecule has 3 N–H and O–H groups in total. The summed E-state index contributed by atoms with van der Waals surface area (Å²) >= 11 is 6.29. The number of amides is 1. The zero-order valence-electron chi connectivity index (χ0n) is 14.8. The number of benzene rings is 1. The molecule has 2 aromatic rings. The lowest BCUT2D eigenvalue weighted by molar-refractivity contribution is -0.134. The Morgan fingerprint density at radius 2 is 2.15 bits per heavy atom. The maximum atomic E-state index is 12.3. The highest BCUT2D eigenvalue weighted by Gasteiger charge is 2.27. The van der Waals surface area contributed by atoms with Crippen molar-refractivity contribution >= 4 is 28.3 Å². The average Bonchev–Trinajstić information content (AvgIpc) is 2.63. The number of nitrogens with zero attached hydrogens (tertiary/aromatic N) is 1. The number of carbonyl (C=O) groups excluding carboxylic acids is 1. The number of hydrogen-bond acceptors (Lipinski definition) is 4. The van der Waals surface area contributed by atoms with Gasteiger partial charge in [-0.1, -0.05) is 24.9 Å². The van der Waals surface area contributed by atoms with Crippen LogP contribution in [0.15, 0.2) is 29.2 Å². The number of rotatable bonds is 5. The second kappa shape index (κ2) is 8.10. The van der Waals surface area contributed by atoms with Crippen molar-refractivity contribution in [2.45, 2.75) is 44.8 Å². The van der Waals surface area contributed by atoms with Gasteiger partial charge >= 0.3 is 0 Å². The van der Waals surface area contributed by atoms with Crippen LogP contribution < -0.4 is 16.0 Å². The summed E-state index contributed by atoms with van der Waals surface area (Å²) in [5.41, 5.74) is 5.76. The standard InChI is InChI=1S/C19H24ClN3O3/c1-2-3-16(21)19(25)23-8-5-13(6-9-23)26-17-10-12-4-7-22-18(24)14(12)11-15(17)20/h4,7,10-11,13,16H,2-3,5-6,8-9,21H2,1H3,(H,22,24)/t16-/m0/s1. The van der Waals surface area contributed by atoms with E-state index in [-0.39, 0.29) is 17.6 Å². The summed E-state index contributed by atoms with van der Waals surface area (Å²) in [6.07, 6.45) is 4.66. The molecule has 140 valence electrons. The first-order valence-corrected chi connectivity index (χ1v) is 9.39. The number of likely N-dealkylation sites (tertiary alicyclic amines) is 1. The molecule has 1 aliphatic rings. The fraction of sp³-hybridized carbons (Fsp3) is 0.474. The highest BCUT2D eigenvalue weighted by molar-refractivity contribution is 6.32. The van der Waals surface area contributed by atoms with Gasteiger partial charge in [0.25, 0.3) is 5.56 Å². The highest BCUT2D eigenvalue weighted by Crippen LogP contribution is 2.31. The number of hydrogen-bond donors (Lipinski definition) is 2. The van der Waals surface area contributed by atoms with Crippen LogP contribution in [0.4, 0.5) is 0 Å². The van der Waals surface area contributed by atoms with Gasteiger partial charge in [-0.05, 0) is 30.0 Å². The number of fused-ring (bicyclic) bond motifs is 1. The maximum absolute atomic E-state index is 12.3. The van der Waals surface area contributed by atoms with Crippen molar-refractivity contribution in [3.8, 4) is 5.75 Å². The van der Waals surface area contributed by atoms with E-state index in [4.69, 9.17) is 22.1 Å². The van der Waals surface area contributed by atoms with Crippen LogP contribution in [-0.2, 0) is 4.79 Å². The quantitative estimate of drug-likeness (QED) is 0.838. The van der Waals surface area contributed by atoms with Crippen molar-refractivity contribution in [3.63, 3.8) is 0 Å². The van der Waals surface area contributed by atoms with Gasteiger partial charge in [0.2, 0.25) is 5.91 Å². The normalized spacial score (nSPS) is 16.7. The molecule has 0 spiro atoms. The number of nitrogens with one attached hydrogen (secondary N) is 1. The number of aromatic nitrogens is 1. The zero-order valence-corrected chi connectivity index (χ0v) is 15.6. The van der Waals surface area contributed by atoms with Gasteiger partial charge in [-0.25, -0.2) is 0 Å². The minimum atomic E-state index is -0.412. The van der Waals surface area contributed by atoms with Gasteiger partial charge in [0.05, 0.1) is 11.1 Å². The molecule has 7 heteroatoms. The molecule has 6 nitrogen and oxygen atoms in total. The van der Waals surface area contributed by atoms with Gasteiger partial charge in [0.15, 0.2) is 0 Å². The first kappa shape index (κ1) is 18.7. The molecule has 0 aliphatic carbocycles. The van der Waals surface area contributed by atoms with Gasteiger partial charge in [-0.3, -0.25) is 9.59 Å². The van der Waals surface area contributed by atoms with Crippen LogP contribution in [-0.4, -0.2) is 41.0 Å². The van der Waals surface area contributed by atoms with Crippen molar-refractivity contribution in [1.82, 2.24) is 9.88 Å². The van der Waals surface area contributed by atoms with Crippen LogP contribution >= 0.6 is 11.6 Å². The van der Waals surface area contributed by atoms with Gasteiger partial charge < -0.3 is 20.4 Å². The van der Waals surface area contributed by atoms with E-state index in [0.717, 1.165) is 24.6 Å². The Bertz CT molecular complexity index is 844. The third-order valence-electron chi connectivity index (χ3n) is 4.79. The first-order chi connectivity index (χ1) is 12.5. The molecule has 1 aliphatic heterocycles. The lowest BCUT2D eigenvalue weighted by Gasteiger charge is -2.33. The monoisotopic (exact) mass is 377 g/mol. The molecular formula is C19H24ClN3O3. The van der Waals surface area contributed by atoms with E-state index in [1.807, 2.05) is 17.9 Å². The molecule has 1 aromatic carbocycles. The minimum Gasteiger partial charge on any atom is -0.489 e. The lowest BCUT2D eigenvalue weighted by Crippen LogP contribution is -2.48. The third-order valence-corrected chi connectivity index (χ3v) is 5.09. The number of ether oxygens (including phenoxy) is 1. The largest absolute Gasteiger partial charge is 0.489 e. The molecule has 26 heavy (non-hydrogen) atoms. The number of pyridine rings is 1. The minimum absolute atomic E-state index is 0.0154. The predicted molar refractivity (Wildman–Crippen MR) is 103 cm³/mol. The summed E-state index contributed by atoms with van der Waals surface area (Å²) in [6.45, 7) is 3.28. The summed E-state index contributed by atoms with van der Waals surface area (Å²) in [4.78, 5) is 28.6. The van der Waals surface area contributed by atoms with Crippen molar-refractivity contribution in [2.24, 2.45) is 5.73 Å². The summed E-state index contributed by atoms with van der Waals surface area (Å²) < 4.78 is 6.06. The number of carbonyl (C=O) groups is 1. The second-order valence-electron chi connectivity index (χ2n) is 6.71. The fourth-order valence-corrected chi connectivity index (χ4v) is 3.53. The van der Waals surface area contributed by atoms with Crippen LogP contribution in [0.25, 0.3) is 10.8 Å². The van der Waals surface area contributed by atoms with Crippen molar-refractivity contribution in [3.05, 3.63) is 39.8 Å². The molecule has 1 saturated heterocycles. The van der Waals surface area contributed by atoms with Gasteiger partial charge in [0, 0.05) is 37.5 Å². The molecule has 0 saturated carbocycles. The van der Waals surface area contributed by atoms with E-state index in [0.29, 0.717) is 35.7 Å². The van der Waals surface area contributed by atoms with E-state index >= 15 is 0 Å². The van der Waals surface area contributed by atoms with E-state index in [1.54, 1.807) is 18.3 Å². The Morgan fingerprint density at radius 1 is 1.42 bits per heavy atom. The number of aromatic amines is 1. The zero-order chi connectivity index (χ0) is 18.7. The van der Waals surface area contributed by atoms with Gasteiger partial charge in [0.1, 0.15) is 11.9 Å². The molecule has 3 rings (SSSR count). The summed E-state index contributed by atoms with van der Waals surface area (Å²) in [7, 11) is 0. The molecule has 1 amide bonds. The average molecular weight is 378 g/mol. The molecule has 2 heterocycles. The number of halogens is 1. The highest BCUT2D eigenvalue weighted by atomic mass is 35.5. The van der Waals surface area contributed by atoms with E-state index in [9.17, 15) is 9.59 Å². The van der Waals surface area contributed by atoms with Crippen molar-refractivity contribution in [2.75, 3.05) is 13.1 Å². The Labute approximate surface area is 157 Å². The maximum Gasteiger partial charge on any atom is 0.255 e. The fourth-order valence-electron chi connectivity index (χ4n) is 3.32. The SMILES string of the molecule is CCC[C@H](N)C(=O)N1CCC(Oc2cc3cc[nH]c(=O)c3cc2Cl)CC1. The Kier molecular flexibility index (Phi) is 5.84. The topological polar surface area (TPSA) is 88.4 Å². The Balaban J connectivity index is 1.65. The molecular weight excluding hydrogens is 354 g/mol. The summed E-state index contributed by atoms with van der Waals surface area (Å²) in [6, 6.07) is 4.83. The number of nitrogens with two attached hydrogens (primary N) is 1. The van der Waals surface area contributed by atoms with Gasteiger partial charge in [-0.2, -0.15) is 0 Å². The predicted octanol–water partition coefficient (Wildman–Crippen LogP) is 2.68. The Hall–Kier alpha value is -2.05. The summed E-state index contributed by atoms with van der Waals surface area (Å²) in [5.74, 6) is 0.588. The molecule has 0 bridgehead atoms. The van der Waals surface area contributed by atoms with E-state index in [1.165, 1.54) is 0 Å². The van der Waals surface area contributed by atoms with Crippen molar-refractivity contribution in [1.29, 1.82) is 0 Å². The molecule has 1 aromatic heterocycles. The van der Waals surface area contributed by atoms with Crippen LogP contribution in [0.1, 0.15) is 32.6 Å².